The van der Waals surface area contributed by atoms with Crippen molar-refractivity contribution in [3.05, 3.63) is 65.2 Å². The van der Waals surface area contributed by atoms with E-state index in [4.69, 9.17) is 9.47 Å². The highest BCUT2D eigenvalue weighted by atomic mass is 16.5. The van der Waals surface area contributed by atoms with Gasteiger partial charge in [0.15, 0.2) is 0 Å². The molecule has 0 aromatic heterocycles. The van der Waals surface area contributed by atoms with E-state index in [2.05, 4.69) is 49.4 Å². The molecular weight excluding hydrogens is 348 g/mol. The molecule has 2 rings (SSSR count). The molecule has 3 nitrogen and oxygen atoms in total. The number of benzene rings is 2. The van der Waals surface area contributed by atoms with Gasteiger partial charge in [0.2, 0.25) is 0 Å². The largest absolute Gasteiger partial charge is 0.497 e. The second-order valence-corrected chi connectivity index (χ2v) is 7.04. The van der Waals surface area contributed by atoms with Crippen molar-refractivity contribution in [2.75, 3.05) is 13.7 Å². The lowest BCUT2D eigenvalue weighted by Crippen LogP contribution is -2.03. The Hall–Kier alpha value is -2.55. The first kappa shape index (κ1) is 21.7. The normalized spacial score (nSPS) is 11.3. The minimum absolute atomic E-state index is 0.101. The fraction of sp³-hybridized carbons (Fsp3) is 0.400. The summed E-state index contributed by atoms with van der Waals surface area (Å²) in [6.45, 7) is 4.52. The zero-order chi connectivity index (χ0) is 20.2. The second-order valence-electron chi connectivity index (χ2n) is 7.04. The molecule has 150 valence electrons. The SMILES string of the molecule is CCC(=O)OCCCCCCc1ccc(/C(C)=C/c2ccc(OC)cc2)cc1. The van der Waals surface area contributed by atoms with Crippen LogP contribution in [-0.2, 0) is 16.0 Å². The number of carbonyl (C=O) groups excluding carboxylic acids is 1. The van der Waals surface area contributed by atoms with E-state index in [1.165, 1.54) is 35.1 Å². The summed E-state index contributed by atoms with van der Waals surface area (Å²) in [6, 6.07) is 17.0. The lowest BCUT2D eigenvalue weighted by atomic mass is 10.0. The molecule has 0 atom stereocenters. The predicted octanol–water partition coefficient (Wildman–Crippen LogP) is 6.31. The molecule has 0 saturated carbocycles. The third-order valence-corrected chi connectivity index (χ3v) is 4.82. The van der Waals surface area contributed by atoms with Gasteiger partial charge in [-0.1, -0.05) is 62.2 Å². The van der Waals surface area contributed by atoms with E-state index in [0.717, 1.165) is 25.0 Å². The summed E-state index contributed by atoms with van der Waals surface area (Å²) in [5, 5.41) is 0. The van der Waals surface area contributed by atoms with Crippen LogP contribution in [0.3, 0.4) is 0 Å². The molecule has 0 aliphatic heterocycles. The average molecular weight is 381 g/mol. The van der Waals surface area contributed by atoms with Crippen LogP contribution in [0.4, 0.5) is 0 Å². The number of hydrogen-bond donors (Lipinski definition) is 0. The van der Waals surface area contributed by atoms with Gasteiger partial charge in [0.25, 0.3) is 0 Å². The van der Waals surface area contributed by atoms with Crippen molar-refractivity contribution in [3.8, 4) is 5.75 Å². The quantitative estimate of drug-likeness (QED) is 0.260. The Morgan fingerprint density at radius 3 is 2.25 bits per heavy atom. The molecule has 3 heteroatoms. The fourth-order valence-electron chi connectivity index (χ4n) is 3.04. The van der Waals surface area contributed by atoms with Crippen LogP contribution in [0, 0.1) is 0 Å². The van der Waals surface area contributed by atoms with Crippen LogP contribution in [0.2, 0.25) is 0 Å². The van der Waals surface area contributed by atoms with Crippen LogP contribution < -0.4 is 4.74 Å². The van der Waals surface area contributed by atoms with Crippen molar-refractivity contribution in [1.29, 1.82) is 0 Å². The summed E-state index contributed by atoms with van der Waals surface area (Å²) in [7, 11) is 1.68. The zero-order valence-corrected chi connectivity index (χ0v) is 17.4. The number of methoxy groups -OCH3 is 1. The monoisotopic (exact) mass is 380 g/mol. The van der Waals surface area contributed by atoms with E-state index >= 15 is 0 Å². The van der Waals surface area contributed by atoms with E-state index < -0.39 is 0 Å². The Morgan fingerprint density at radius 2 is 1.61 bits per heavy atom. The highest BCUT2D eigenvalue weighted by Gasteiger charge is 2.00. The van der Waals surface area contributed by atoms with Crippen LogP contribution in [0.1, 0.15) is 62.6 Å². The Balaban J connectivity index is 1.74. The molecule has 0 spiro atoms. The third-order valence-electron chi connectivity index (χ3n) is 4.82. The molecule has 0 bridgehead atoms. The fourth-order valence-corrected chi connectivity index (χ4v) is 3.04. The van der Waals surface area contributed by atoms with Crippen LogP contribution in [0.15, 0.2) is 48.5 Å². The number of carbonyl (C=O) groups is 1. The molecule has 0 fully saturated rings. The minimum atomic E-state index is -0.101. The summed E-state index contributed by atoms with van der Waals surface area (Å²) >= 11 is 0. The number of allylic oxidation sites excluding steroid dienone is 1. The Kier molecular flexibility index (Phi) is 9.33. The molecule has 0 N–H and O–H groups in total. The van der Waals surface area contributed by atoms with Crippen molar-refractivity contribution >= 4 is 17.6 Å². The van der Waals surface area contributed by atoms with Gasteiger partial charge in [-0.15, -0.1) is 0 Å². The van der Waals surface area contributed by atoms with Crippen molar-refractivity contribution in [3.63, 3.8) is 0 Å². The Bertz CT molecular complexity index is 742. The topological polar surface area (TPSA) is 35.5 Å². The van der Waals surface area contributed by atoms with Crippen LogP contribution in [0.5, 0.6) is 5.75 Å². The van der Waals surface area contributed by atoms with E-state index in [1.807, 2.05) is 19.1 Å². The third kappa shape index (κ3) is 7.59. The average Bonchev–Trinajstić information content (AvgIpc) is 2.73. The van der Waals surface area contributed by atoms with E-state index in [9.17, 15) is 4.79 Å². The van der Waals surface area contributed by atoms with Crippen molar-refractivity contribution < 1.29 is 14.3 Å². The van der Waals surface area contributed by atoms with E-state index in [1.54, 1.807) is 7.11 Å². The first-order valence-corrected chi connectivity index (χ1v) is 10.2. The van der Waals surface area contributed by atoms with Crippen molar-refractivity contribution in [2.45, 2.75) is 52.4 Å². The second kappa shape index (κ2) is 12.0. The van der Waals surface area contributed by atoms with Crippen LogP contribution in [0.25, 0.3) is 11.6 Å². The molecule has 0 radical (unpaired) electrons. The van der Waals surface area contributed by atoms with Gasteiger partial charge >= 0.3 is 5.97 Å². The Morgan fingerprint density at radius 1 is 0.929 bits per heavy atom. The van der Waals surface area contributed by atoms with Gasteiger partial charge in [-0.3, -0.25) is 4.79 Å². The highest BCUT2D eigenvalue weighted by Crippen LogP contribution is 2.20. The molecule has 0 aliphatic rings. The summed E-state index contributed by atoms with van der Waals surface area (Å²) in [5.41, 5.74) is 5.04. The molecule has 0 saturated heterocycles. The molecule has 2 aromatic rings. The lowest BCUT2D eigenvalue weighted by Gasteiger charge is -2.06. The predicted molar refractivity (Wildman–Crippen MR) is 116 cm³/mol. The van der Waals surface area contributed by atoms with Gasteiger partial charge in [0.1, 0.15) is 5.75 Å². The summed E-state index contributed by atoms with van der Waals surface area (Å²) in [5.74, 6) is 0.776. The van der Waals surface area contributed by atoms with Crippen molar-refractivity contribution in [2.24, 2.45) is 0 Å². The van der Waals surface area contributed by atoms with Gasteiger partial charge < -0.3 is 9.47 Å². The molecule has 0 unspecified atom stereocenters. The maximum atomic E-state index is 11.1. The summed E-state index contributed by atoms with van der Waals surface area (Å²) in [4.78, 5) is 11.1. The van der Waals surface area contributed by atoms with E-state index in [0.29, 0.717) is 13.0 Å². The minimum Gasteiger partial charge on any atom is -0.497 e. The lowest BCUT2D eigenvalue weighted by molar-refractivity contribution is -0.143. The molecule has 0 heterocycles. The zero-order valence-electron chi connectivity index (χ0n) is 17.4. The first-order valence-electron chi connectivity index (χ1n) is 10.2. The van der Waals surface area contributed by atoms with Gasteiger partial charge in [-0.05, 0) is 60.6 Å². The number of hydrogen-bond acceptors (Lipinski definition) is 3. The molecular formula is C25H32O3. The van der Waals surface area contributed by atoms with Crippen LogP contribution >= 0.6 is 0 Å². The summed E-state index contributed by atoms with van der Waals surface area (Å²) in [6.07, 6.45) is 8.16. The molecule has 2 aromatic carbocycles. The van der Waals surface area contributed by atoms with Gasteiger partial charge in [0.05, 0.1) is 13.7 Å². The van der Waals surface area contributed by atoms with Gasteiger partial charge in [0, 0.05) is 6.42 Å². The maximum absolute atomic E-state index is 11.1. The first-order chi connectivity index (χ1) is 13.6. The molecule has 0 aliphatic carbocycles. The smallest absolute Gasteiger partial charge is 0.305 e. The number of rotatable bonds is 11. The summed E-state index contributed by atoms with van der Waals surface area (Å²) < 4.78 is 10.3. The number of ether oxygens (including phenoxy) is 2. The Labute approximate surface area is 169 Å². The van der Waals surface area contributed by atoms with Gasteiger partial charge in [-0.25, -0.2) is 0 Å². The molecule has 0 amide bonds. The maximum Gasteiger partial charge on any atom is 0.305 e. The highest BCUT2D eigenvalue weighted by molar-refractivity contribution is 5.80. The van der Waals surface area contributed by atoms with E-state index in [-0.39, 0.29) is 5.97 Å². The van der Waals surface area contributed by atoms with Gasteiger partial charge in [-0.2, -0.15) is 0 Å². The number of aryl methyl sites for hydroxylation is 1. The van der Waals surface area contributed by atoms with Crippen LogP contribution in [-0.4, -0.2) is 19.7 Å². The standard InChI is InChI=1S/C25H32O3/c1-4-25(26)28-18-8-6-5-7-9-21-10-14-23(15-11-21)20(2)19-22-12-16-24(27-3)17-13-22/h10-17,19H,4-9,18H2,1-3H3/b20-19+. The van der Waals surface area contributed by atoms with Crippen molar-refractivity contribution in [1.82, 2.24) is 0 Å². The number of unbranched alkanes of at least 4 members (excludes halogenated alkanes) is 3. The number of esters is 1. The molecule has 28 heavy (non-hydrogen) atoms.